The average molecular weight is 458 g/mol. The maximum atomic E-state index is 13.2. The molecule has 2 aromatic carbocycles. The summed E-state index contributed by atoms with van der Waals surface area (Å²) in [6.45, 7) is 3.51. The molecule has 2 aliphatic rings. The molecule has 0 radical (unpaired) electrons. The fourth-order valence-corrected chi connectivity index (χ4v) is 4.85. The number of likely N-dealkylation sites (N-methyl/N-ethyl adjacent to an activating group) is 1. The highest BCUT2D eigenvalue weighted by molar-refractivity contribution is 6.30. The van der Waals surface area contributed by atoms with E-state index in [0.717, 1.165) is 36.6 Å². The van der Waals surface area contributed by atoms with E-state index in [1.54, 1.807) is 12.1 Å². The van der Waals surface area contributed by atoms with Gasteiger partial charge in [-0.05, 0) is 50.3 Å². The number of benzene rings is 2. The summed E-state index contributed by atoms with van der Waals surface area (Å²) >= 11 is 6.21. The van der Waals surface area contributed by atoms with Crippen LogP contribution in [0.3, 0.4) is 0 Å². The molecular formula is C23H28ClN5O3. The van der Waals surface area contributed by atoms with Crippen molar-refractivity contribution in [2.45, 2.75) is 12.5 Å². The standard InChI is InChI=1S/C23H28ClN5O3/c1-26(2)9-8-25-23(30)20-13-16-12-19(29(31)32)6-7-21(16)28-11-10-27(15-22(20)28)18-5-3-4-17(24)14-18/h3-7,12,14,20,22H,8-11,13,15H2,1-2H3,(H,25,30)/t20-,22+/m0/s1. The SMILES string of the molecule is CN(C)CCNC(=O)[C@H]1Cc2cc([N+](=O)[O-])ccc2N2CCN(c3cccc(Cl)c3)C[C@H]12. The number of halogens is 1. The Hall–Kier alpha value is -2.84. The Morgan fingerprint density at radius 3 is 2.78 bits per heavy atom. The van der Waals surface area contributed by atoms with Crippen LogP contribution in [-0.4, -0.2) is 68.6 Å². The first-order valence-electron chi connectivity index (χ1n) is 10.8. The normalized spacial score (nSPS) is 20.0. The number of fused-ring (bicyclic) bond motifs is 3. The van der Waals surface area contributed by atoms with Crippen molar-refractivity contribution in [1.29, 1.82) is 0 Å². The number of hydrogen-bond donors (Lipinski definition) is 1. The molecule has 1 amide bonds. The molecule has 1 saturated heterocycles. The second-order valence-electron chi connectivity index (χ2n) is 8.66. The molecule has 170 valence electrons. The van der Waals surface area contributed by atoms with E-state index in [2.05, 4.69) is 15.1 Å². The Bertz CT molecular complexity index is 1010. The predicted molar refractivity (Wildman–Crippen MR) is 127 cm³/mol. The second-order valence-corrected chi connectivity index (χ2v) is 9.10. The van der Waals surface area contributed by atoms with Crippen LogP contribution in [0.25, 0.3) is 0 Å². The Morgan fingerprint density at radius 2 is 2.06 bits per heavy atom. The van der Waals surface area contributed by atoms with Gasteiger partial charge >= 0.3 is 0 Å². The average Bonchev–Trinajstić information content (AvgIpc) is 2.77. The van der Waals surface area contributed by atoms with Crippen LogP contribution in [0.15, 0.2) is 42.5 Å². The van der Waals surface area contributed by atoms with Crippen LogP contribution < -0.4 is 15.1 Å². The van der Waals surface area contributed by atoms with Crippen LogP contribution in [0.5, 0.6) is 0 Å². The van der Waals surface area contributed by atoms with Crippen molar-refractivity contribution >= 4 is 34.6 Å². The highest BCUT2D eigenvalue weighted by atomic mass is 35.5. The maximum Gasteiger partial charge on any atom is 0.269 e. The Kier molecular flexibility index (Phi) is 6.53. The number of nitrogens with zero attached hydrogens (tertiary/aromatic N) is 4. The number of carbonyl (C=O) groups excluding carboxylic acids is 1. The van der Waals surface area contributed by atoms with E-state index in [1.165, 1.54) is 0 Å². The van der Waals surface area contributed by atoms with Gasteiger partial charge in [0.1, 0.15) is 0 Å². The molecule has 1 N–H and O–H groups in total. The third kappa shape index (κ3) is 4.66. The monoisotopic (exact) mass is 457 g/mol. The molecule has 0 saturated carbocycles. The molecule has 0 unspecified atom stereocenters. The lowest BCUT2D eigenvalue weighted by Gasteiger charge is -2.49. The minimum atomic E-state index is -0.379. The van der Waals surface area contributed by atoms with Gasteiger partial charge in [-0.1, -0.05) is 17.7 Å². The van der Waals surface area contributed by atoms with E-state index in [1.807, 2.05) is 49.3 Å². The van der Waals surface area contributed by atoms with Crippen LogP contribution in [0, 0.1) is 16.0 Å². The summed E-state index contributed by atoms with van der Waals surface area (Å²) in [5.41, 5.74) is 2.95. The largest absolute Gasteiger partial charge is 0.368 e. The van der Waals surface area contributed by atoms with E-state index in [4.69, 9.17) is 11.6 Å². The highest BCUT2D eigenvalue weighted by Gasteiger charge is 2.42. The van der Waals surface area contributed by atoms with Gasteiger partial charge in [0.15, 0.2) is 0 Å². The van der Waals surface area contributed by atoms with Crippen molar-refractivity contribution in [3.05, 3.63) is 63.2 Å². The first-order valence-corrected chi connectivity index (χ1v) is 11.2. The Labute approximate surface area is 192 Å². The van der Waals surface area contributed by atoms with Gasteiger partial charge < -0.3 is 20.0 Å². The van der Waals surface area contributed by atoms with E-state index in [0.29, 0.717) is 24.5 Å². The zero-order chi connectivity index (χ0) is 22.8. The molecule has 2 heterocycles. The van der Waals surface area contributed by atoms with Crippen molar-refractivity contribution < 1.29 is 9.72 Å². The molecule has 2 aliphatic heterocycles. The molecule has 2 atom stereocenters. The summed E-state index contributed by atoms with van der Waals surface area (Å²) in [5, 5.41) is 15.1. The van der Waals surface area contributed by atoms with Crippen molar-refractivity contribution in [1.82, 2.24) is 10.2 Å². The summed E-state index contributed by atoms with van der Waals surface area (Å²) in [5.74, 6) is -0.305. The zero-order valence-corrected chi connectivity index (χ0v) is 19.1. The van der Waals surface area contributed by atoms with Gasteiger partial charge in [-0.15, -0.1) is 0 Å². The number of piperazine rings is 1. The summed E-state index contributed by atoms with van der Waals surface area (Å²) in [4.78, 5) is 30.7. The Balaban J connectivity index is 1.63. The van der Waals surface area contributed by atoms with Crippen molar-refractivity contribution in [2.75, 3.05) is 56.6 Å². The van der Waals surface area contributed by atoms with Gasteiger partial charge in [0, 0.05) is 61.3 Å². The summed E-state index contributed by atoms with van der Waals surface area (Å²) in [6.07, 6.45) is 0.482. The highest BCUT2D eigenvalue weighted by Crippen LogP contribution is 2.38. The fourth-order valence-electron chi connectivity index (χ4n) is 4.66. The maximum absolute atomic E-state index is 13.2. The molecule has 9 heteroatoms. The van der Waals surface area contributed by atoms with Crippen LogP contribution >= 0.6 is 11.6 Å². The molecule has 32 heavy (non-hydrogen) atoms. The number of nitrogens with one attached hydrogen (secondary N) is 1. The lowest BCUT2D eigenvalue weighted by atomic mass is 9.83. The van der Waals surface area contributed by atoms with Gasteiger partial charge in [0.25, 0.3) is 5.69 Å². The third-order valence-corrected chi connectivity index (χ3v) is 6.51. The molecule has 4 rings (SSSR count). The molecule has 2 aromatic rings. The van der Waals surface area contributed by atoms with Crippen molar-refractivity contribution in [3.63, 3.8) is 0 Å². The topological polar surface area (TPSA) is 82.0 Å². The second kappa shape index (κ2) is 9.34. The van der Waals surface area contributed by atoms with Crippen LogP contribution in [0.1, 0.15) is 5.56 Å². The van der Waals surface area contributed by atoms with Crippen molar-refractivity contribution in [3.8, 4) is 0 Å². The van der Waals surface area contributed by atoms with Crippen LogP contribution in [-0.2, 0) is 11.2 Å². The number of nitro groups is 1. The number of carbonyl (C=O) groups is 1. The molecule has 0 aliphatic carbocycles. The lowest BCUT2D eigenvalue weighted by Crippen LogP contribution is -2.61. The van der Waals surface area contributed by atoms with Crippen LogP contribution in [0.4, 0.5) is 17.1 Å². The molecule has 0 aromatic heterocycles. The molecule has 1 fully saturated rings. The van der Waals surface area contributed by atoms with Crippen LogP contribution in [0.2, 0.25) is 5.02 Å². The number of hydrogen-bond acceptors (Lipinski definition) is 6. The van der Waals surface area contributed by atoms with Gasteiger partial charge in [-0.3, -0.25) is 14.9 Å². The summed E-state index contributed by atoms with van der Waals surface area (Å²) in [7, 11) is 3.93. The predicted octanol–water partition coefficient (Wildman–Crippen LogP) is 2.79. The third-order valence-electron chi connectivity index (χ3n) is 6.27. The van der Waals surface area contributed by atoms with Gasteiger partial charge in [-0.2, -0.15) is 0 Å². The first-order chi connectivity index (χ1) is 15.3. The minimum absolute atomic E-state index is 0.00745. The zero-order valence-electron chi connectivity index (χ0n) is 18.3. The Morgan fingerprint density at radius 1 is 1.25 bits per heavy atom. The van der Waals surface area contributed by atoms with E-state index >= 15 is 0 Å². The number of anilines is 2. The van der Waals surface area contributed by atoms with E-state index in [9.17, 15) is 14.9 Å². The smallest absolute Gasteiger partial charge is 0.269 e. The fraction of sp³-hybridized carbons (Fsp3) is 0.435. The molecule has 0 spiro atoms. The molecular weight excluding hydrogens is 430 g/mol. The van der Waals surface area contributed by atoms with Crippen molar-refractivity contribution in [2.24, 2.45) is 5.92 Å². The van der Waals surface area contributed by atoms with Gasteiger partial charge in [-0.25, -0.2) is 0 Å². The number of amides is 1. The molecule has 8 nitrogen and oxygen atoms in total. The first kappa shape index (κ1) is 22.4. The van der Waals surface area contributed by atoms with E-state index < -0.39 is 0 Å². The lowest BCUT2D eigenvalue weighted by molar-refractivity contribution is -0.384. The summed E-state index contributed by atoms with van der Waals surface area (Å²) in [6, 6.07) is 12.7. The van der Waals surface area contributed by atoms with E-state index in [-0.39, 0.29) is 28.5 Å². The quantitative estimate of drug-likeness (QED) is 0.530. The number of rotatable bonds is 6. The minimum Gasteiger partial charge on any atom is -0.368 e. The van der Waals surface area contributed by atoms with Gasteiger partial charge in [0.05, 0.1) is 16.9 Å². The summed E-state index contributed by atoms with van der Waals surface area (Å²) < 4.78 is 0. The number of nitro benzene ring substituents is 1. The number of non-ortho nitro benzene ring substituents is 1. The van der Waals surface area contributed by atoms with Gasteiger partial charge in [0.2, 0.25) is 5.91 Å². The molecule has 0 bridgehead atoms.